The molecule has 0 radical (unpaired) electrons. The standard InChI is InChI=1S/3K.3HO2P.H2O/c;;;3*1-3-2;/h;;;3*(H,1,2);1H2/q3*+1;;;;. The molecule has 0 aromatic rings. The molecule has 0 saturated heterocycles. The molecule has 0 spiro atoms. The van der Waals surface area contributed by atoms with E-state index < -0.39 is 26.1 Å². The van der Waals surface area contributed by atoms with Crippen molar-refractivity contribution in [2.75, 3.05) is 0 Å². The minimum atomic E-state index is -0.833. The zero-order valence-corrected chi connectivity index (χ0v) is 19.5. The van der Waals surface area contributed by atoms with Crippen LogP contribution in [0.4, 0.5) is 0 Å². The summed E-state index contributed by atoms with van der Waals surface area (Å²) in [7, 11) is -2.50. The van der Waals surface area contributed by atoms with E-state index in [4.69, 9.17) is 28.4 Å². The molecule has 0 unspecified atom stereocenters. The van der Waals surface area contributed by atoms with Gasteiger partial charge >= 0.3 is 180 Å². The largest absolute Gasteiger partial charge is 1.00 e. The van der Waals surface area contributed by atoms with Crippen LogP contribution in [0, 0.1) is 0 Å². The Morgan fingerprint density at radius 1 is 0.615 bits per heavy atom. The predicted octanol–water partition coefficient (Wildman–Crippen LogP) is -9.26. The zero-order chi connectivity index (χ0) is 8.12. The van der Waals surface area contributed by atoms with Gasteiger partial charge in [-0.15, -0.1) is 0 Å². The molecule has 13 heavy (non-hydrogen) atoms. The Labute approximate surface area is 208 Å². The van der Waals surface area contributed by atoms with Crippen LogP contribution >= 0.6 is 26.1 Å². The monoisotopic (exact) mass is 327 g/mol. The number of rotatable bonds is 0. The van der Waals surface area contributed by atoms with E-state index in [1.807, 2.05) is 0 Å². The fourth-order valence-electron chi connectivity index (χ4n) is 0. The van der Waals surface area contributed by atoms with Crippen molar-refractivity contribution in [3.63, 3.8) is 0 Å². The molecular weight excluding hydrogens is 322 g/mol. The minimum Gasteiger partial charge on any atom is -0.412 e. The maximum absolute atomic E-state index is 8.46. The molecule has 0 rings (SSSR count). The summed E-state index contributed by atoms with van der Waals surface area (Å²) in [6.07, 6.45) is 0. The van der Waals surface area contributed by atoms with E-state index in [0.29, 0.717) is 0 Å². The molecule has 5 N–H and O–H groups in total. The van der Waals surface area contributed by atoms with Crippen LogP contribution in [-0.4, -0.2) is 20.2 Å². The normalized spacial score (nSPS) is 4.85. The Balaban J connectivity index is -0.00000000720. The Morgan fingerprint density at radius 2 is 0.615 bits per heavy atom. The van der Waals surface area contributed by atoms with Crippen LogP contribution in [0.1, 0.15) is 0 Å². The molecule has 0 aliphatic rings. The Kier molecular flexibility index (Phi) is 224. The van der Waals surface area contributed by atoms with Crippen molar-refractivity contribution in [2.45, 2.75) is 0 Å². The first-order valence-electron chi connectivity index (χ1n) is 1.15. The van der Waals surface area contributed by atoms with Gasteiger partial charge in [0.05, 0.1) is 0 Å². The summed E-state index contributed by atoms with van der Waals surface area (Å²) in [6.45, 7) is 0. The van der Waals surface area contributed by atoms with E-state index in [1.54, 1.807) is 0 Å². The fourth-order valence-corrected chi connectivity index (χ4v) is 0. The van der Waals surface area contributed by atoms with Gasteiger partial charge in [-0.3, -0.25) is 0 Å². The first-order chi connectivity index (χ1) is 4.24. The third kappa shape index (κ3) is 151. The molecule has 0 fully saturated rings. The third-order valence-corrected chi connectivity index (χ3v) is 0. The van der Waals surface area contributed by atoms with E-state index in [9.17, 15) is 0 Å². The van der Waals surface area contributed by atoms with Gasteiger partial charge < -0.3 is 20.2 Å². The summed E-state index contributed by atoms with van der Waals surface area (Å²) in [5.74, 6) is 0. The van der Waals surface area contributed by atoms with E-state index in [-0.39, 0.29) is 160 Å². The number of hydrogen-bond acceptors (Lipinski definition) is 3. The first-order valence-corrected chi connectivity index (χ1v) is 3.44. The Hall–Kier alpha value is 5.05. The minimum absolute atomic E-state index is 0. The fraction of sp³-hybridized carbons (Fsp3) is 0. The van der Waals surface area contributed by atoms with Crippen LogP contribution in [0.3, 0.4) is 0 Å². The SMILES string of the molecule is O.O=PO.O=PO.O=PO.[K+].[K+].[K+]. The summed E-state index contributed by atoms with van der Waals surface area (Å²) < 4.78 is 25.4. The molecule has 7 nitrogen and oxygen atoms in total. The van der Waals surface area contributed by atoms with Crippen molar-refractivity contribution in [1.29, 1.82) is 0 Å². The summed E-state index contributed by atoms with van der Waals surface area (Å²) >= 11 is 0. The van der Waals surface area contributed by atoms with Gasteiger partial charge in [-0.25, -0.2) is 13.7 Å². The summed E-state index contributed by atoms with van der Waals surface area (Å²) in [5, 5.41) is 0. The van der Waals surface area contributed by atoms with Crippen molar-refractivity contribution in [3.05, 3.63) is 0 Å². The second kappa shape index (κ2) is 67.8. The zero-order valence-electron chi connectivity index (χ0n) is 7.41. The van der Waals surface area contributed by atoms with E-state index in [0.717, 1.165) is 0 Å². The van der Waals surface area contributed by atoms with Gasteiger partial charge in [-0.1, -0.05) is 0 Å². The third-order valence-electron chi connectivity index (χ3n) is 0. The maximum Gasteiger partial charge on any atom is 1.00 e. The van der Waals surface area contributed by atoms with Crippen LogP contribution in [0.5, 0.6) is 0 Å². The molecule has 0 aliphatic heterocycles. The Morgan fingerprint density at radius 3 is 0.615 bits per heavy atom. The average Bonchev–Trinajstić information content (AvgIpc) is 1.70. The summed E-state index contributed by atoms with van der Waals surface area (Å²) in [5.41, 5.74) is 0. The van der Waals surface area contributed by atoms with E-state index >= 15 is 0 Å². The van der Waals surface area contributed by atoms with Gasteiger partial charge in [0.15, 0.2) is 0 Å². The molecule has 0 aromatic carbocycles. The molecule has 0 atom stereocenters. The van der Waals surface area contributed by atoms with Crippen molar-refractivity contribution >= 4 is 26.1 Å². The summed E-state index contributed by atoms with van der Waals surface area (Å²) in [6, 6.07) is 0. The van der Waals surface area contributed by atoms with Crippen LogP contribution in [0.25, 0.3) is 0 Å². The van der Waals surface area contributed by atoms with Crippen molar-refractivity contribution < 1.29 is 188 Å². The first kappa shape index (κ1) is 43.0. The summed E-state index contributed by atoms with van der Waals surface area (Å²) in [4.78, 5) is 21.0. The quantitative estimate of drug-likeness (QED) is 0.298. The molecule has 0 heterocycles. The molecule has 0 bridgehead atoms. The molecule has 0 saturated carbocycles. The van der Waals surface area contributed by atoms with E-state index in [1.165, 1.54) is 0 Å². The van der Waals surface area contributed by atoms with Gasteiger partial charge in [0.1, 0.15) is 0 Å². The van der Waals surface area contributed by atoms with Crippen LogP contribution in [0.15, 0.2) is 0 Å². The smallest absolute Gasteiger partial charge is 0.412 e. The molecular formula is H5K3O7P3+3. The molecule has 13 heteroatoms. The average molecular weight is 327 g/mol. The van der Waals surface area contributed by atoms with Gasteiger partial charge in [-0.05, 0) is 0 Å². The van der Waals surface area contributed by atoms with Crippen LogP contribution < -0.4 is 154 Å². The molecule has 0 aliphatic carbocycles. The van der Waals surface area contributed by atoms with Crippen molar-refractivity contribution in [1.82, 2.24) is 0 Å². The van der Waals surface area contributed by atoms with Crippen LogP contribution in [0.2, 0.25) is 0 Å². The Bertz CT molecular complexity index is 55.7. The predicted molar refractivity (Wildman–Crippen MR) is 33.1 cm³/mol. The van der Waals surface area contributed by atoms with Gasteiger partial charge in [-0.2, -0.15) is 0 Å². The molecule has 0 aromatic heterocycles. The van der Waals surface area contributed by atoms with E-state index in [2.05, 4.69) is 0 Å². The molecule has 62 valence electrons. The van der Waals surface area contributed by atoms with Gasteiger partial charge in [0.25, 0.3) is 0 Å². The van der Waals surface area contributed by atoms with Crippen molar-refractivity contribution in [2.24, 2.45) is 0 Å². The molecule has 0 amide bonds. The second-order valence-corrected chi connectivity index (χ2v) is 0.735. The second-order valence-electron chi connectivity index (χ2n) is 0.245. The van der Waals surface area contributed by atoms with Crippen LogP contribution in [-0.2, 0) is 13.7 Å². The number of hydrogen-bond donors (Lipinski definition) is 3. The topological polar surface area (TPSA) is 143 Å². The maximum atomic E-state index is 8.46. The van der Waals surface area contributed by atoms with Crippen molar-refractivity contribution in [3.8, 4) is 0 Å². The van der Waals surface area contributed by atoms with Gasteiger partial charge in [0, 0.05) is 0 Å². The van der Waals surface area contributed by atoms with Gasteiger partial charge in [0.2, 0.25) is 0 Å².